The van der Waals surface area contributed by atoms with Crippen molar-refractivity contribution in [2.24, 2.45) is 0 Å². The normalized spacial score (nSPS) is 16.7. The number of carbonyl (C=O) groups excluding carboxylic acids is 2. The van der Waals surface area contributed by atoms with E-state index in [2.05, 4.69) is 30.1 Å². The summed E-state index contributed by atoms with van der Waals surface area (Å²) < 4.78 is 5.50. The van der Waals surface area contributed by atoms with Crippen LogP contribution >= 0.6 is 0 Å². The molecule has 2 aliphatic heterocycles. The molecule has 5 rings (SSSR count). The molecule has 0 radical (unpaired) electrons. The van der Waals surface area contributed by atoms with Crippen LogP contribution in [-0.2, 0) is 13.1 Å². The van der Waals surface area contributed by atoms with Crippen molar-refractivity contribution in [1.29, 1.82) is 0 Å². The molecular formula is C28H33N7O3. The highest BCUT2D eigenvalue weighted by atomic mass is 16.6. The van der Waals surface area contributed by atoms with E-state index in [1.165, 1.54) is 31.0 Å². The number of ether oxygens (including phenoxy) is 1. The highest BCUT2D eigenvalue weighted by Gasteiger charge is 2.23. The van der Waals surface area contributed by atoms with Crippen molar-refractivity contribution in [3.63, 3.8) is 0 Å². The van der Waals surface area contributed by atoms with E-state index in [0.717, 1.165) is 45.0 Å². The van der Waals surface area contributed by atoms with Crippen molar-refractivity contribution in [1.82, 2.24) is 29.7 Å². The van der Waals surface area contributed by atoms with Gasteiger partial charge in [0.1, 0.15) is 12.1 Å². The van der Waals surface area contributed by atoms with Crippen molar-refractivity contribution in [2.45, 2.75) is 32.4 Å². The molecule has 10 heteroatoms. The smallest absolute Gasteiger partial charge is 0.409 e. The molecule has 2 saturated heterocycles. The lowest BCUT2D eigenvalue weighted by Gasteiger charge is -2.33. The maximum atomic E-state index is 12.7. The number of rotatable bonds is 7. The zero-order valence-corrected chi connectivity index (χ0v) is 21.5. The Hall–Kier alpha value is -3.89. The van der Waals surface area contributed by atoms with Crippen molar-refractivity contribution < 1.29 is 14.3 Å². The van der Waals surface area contributed by atoms with Gasteiger partial charge in [0.2, 0.25) is 0 Å². The van der Waals surface area contributed by atoms with Gasteiger partial charge in [-0.3, -0.25) is 14.6 Å². The number of piperazine rings is 1. The van der Waals surface area contributed by atoms with Crippen molar-refractivity contribution in [2.75, 3.05) is 44.6 Å². The first-order valence-electron chi connectivity index (χ1n) is 13.1. The number of nitrogens with zero attached hydrogens (tertiary/aromatic N) is 6. The summed E-state index contributed by atoms with van der Waals surface area (Å²) in [6, 6.07) is 12.9. The number of likely N-dealkylation sites (tertiary alicyclic amines) is 1. The maximum absolute atomic E-state index is 12.7. The molecule has 0 spiro atoms. The van der Waals surface area contributed by atoms with Crippen LogP contribution in [0.15, 0.2) is 61.2 Å². The fourth-order valence-corrected chi connectivity index (χ4v) is 4.73. The number of pyridine rings is 1. The minimum atomic E-state index is -0.407. The highest BCUT2D eigenvalue weighted by Crippen LogP contribution is 2.17. The van der Waals surface area contributed by atoms with Crippen molar-refractivity contribution in [3.05, 3.63) is 78.0 Å². The first-order chi connectivity index (χ1) is 18.6. The Morgan fingerprint density at radius 3 is 2.26 bits per heavy atom. The standard InChI is InChI=1S/C28H33N7O3/c36-27(23-6-4-22(5-7-23)19-33-12-2-1-3-13-33)32-26-9-8-25(18-30-26)38-28(37)35-16-14-34(15-17-35)20-24-10-11-29-21-31-24/h4-11,18,21H,1-3,12-17,19-20H2,(H,30,32,36). The summed E-state index contributed by atoms with van der Waals surface area (Å²) >= 11 is 0. The Balaban J connectivity index is 1.06. The summed E-state index contributed by atoms with van der Waals surface area (Å²) in [6.07, 6.45) is 8.14. The first kappa shape index (κ1) is 25.7. The number of nitrogens with one attached hydrogen (secondary N) is 1. The van der Waals surface area contributed by atoms with Crippen molar-refractivity contribution >= 4 is 17.8 Å². The van der Waals surface area contributed by atoms with Gasteiger partial charge in [-0.05, 0) is 61.8 Å². The fraction of sp³-hybridized carbons (Fsp3) is 0.393. The van der Waals surface area contributed by atoms with Gasteiger partial charge in [0.05, 0.1) is 11.9 Å². The lowest BCUT2D eigenvalue weighted by atomic mass is 10.1. The molecule has 0 atom stereocenters. The Morgan fingerprint density at radius 1 is 0.816 bits per heavy atom. The third-order valence-electron chi connectivity index (χ3n) is 6.91. The largest absolute Gasteiger partial charge is 0.415 e. The van der Waals surface area contributed by atoms with Crippen LogP contribution in [0.3, 0.4) is 0 Å². The summed E-state index contributed by atoms with van der Waals surface area (Å²) in [5, 5.41) is 2.80. The molecule has 1 N–H and O–H groups in total. The summed E-state index contributed by atoms with van der Waals surface area (Å²) in [7, 11) is 0. The monoisotopic (exact) mass is 515 g/mol. The first-order valence-corrected chi connectivity index (χ1v) is 13.1. The van der Waals surface area contributed by atoms with E-state index in [1.807, 2.05) is 30.3 Å². The summed E-state index contributed by atoms with van der Waals surface area (Å²) in [5.41, 5.74) is 2.74. The van der Waals surface area contributed by atoms with E-state index in [1.54, 1.807) is 29.6 Å². The molecule has 2 amide bonds. The second-order valence-electron chi connectivity index (χ2n) is 9.70. The number of benzene rings is 1. The molecule has 0 unspecified atom stereocenters. The number of anilines is 1. The second kappa shape index (κ2) is 12.6. The van der Waals surface area contributed by atoms with Crippen LogP contribution in [0.25, 0.3) is 0 Å². The molecule has 0 bridgehead atoms. The third kappa shape index (κ3) is 7.11. The van der Waals surface area contributed by atoms with Crippen LogP contribution < -0.4 is 10.1 Å². The number of amides is 2. The van der Waals surface area contributed by atoms with E-state index in [4.69, 9.17) is 4.74 Å². The summed E-state index contributed by atoms with van der Waals surface area (Å²) in [5.74, 6) is 0.496. The molecular weight excluding hydrogens is 482 g/mol. The molecule has 2 fully saturated rings. The van der Waals surface area contributed by atoms with Crippen LogP contribution in [0, 0.1) is 0 Å². The van der Waals surface area contributed by atoms with Crippen molar-refractivity contribution in [3.8, 4) is 5.75 Å². The molecule has 38 heavy (non-hydrogen) atoms. The lowest BCUT2D eigenvalue weighted by Crippen LogP contribution is -2.49. The quantitative estimate of drug-likeness (QED) is 0.511. The topological polar surface area (TPSA) is 104 Å². The molecule has 0 saturated carbocycles. The van der Waals surface area contributed by atoms with Gasteiger partial charge in [-0.2, -0.15) is 0 Å². The fourth-order valence-electron chi connectivity index (χ4n) is 4.73. The Bertz CT molecular complexity index is 1190. The van der Waals surface area contributed by atoms with Crippen LogP contribution in [0.2, 0.25) is 0 Å². The van der Waals surface area contributed by atoms with Crippen LogP contribution in [0.1, 0.15) is 40.9 Å². The van der Waals surface area contributed by atoms with E-state index in [0.29, 0.717) is 30.2 Å². The predicted molar refractivity (Wildman–Crippen MR) is 143 cm³/mol. The molecule has 2 aromatic heterocycles. The Kier molecular flexibility index (Phi) is 8.52. The molecule has 198 valence electrons. The van der Waals surface area contributed by atoms with Gasteiger partial charge in [-0.1, -0.05) is 18.6 Å². The van der Waals surface area contributed by atoms with Crippen LogP contribution in [-0.4, -0.2) is 80.9 Å². The minimum Gasteiger partial charge on any atom is -0.409 e. The number of hydrogen-bond acceptors (Lipinski definition) is 8. The summed E-state index contributed by atoms with van der Waals surface area (Å²) in [4.78, 5) is 44.1. The highest BCUT2D eigenvalue weighted by molar-refractivity contribution is 6.03. The number of piperidine rings is 1. The van der Waals surface area contributed by atoms with Gasteiger partial charge in [0.15, 0.2) is 5.75 Å². The average molecular weight is 516 g/mol. The number of aromatic nitrogens is 3. The lowest BCUT2D eigenvalue weighted by molar-refractivity contribution is 0.102. The van der Waals surface area contributed by atoms with Gasteiger partial charge < -0.3 is 15.0 Å². The number of hydrogen-bond donors (Lipinski definition) is 1. The van der Waals surface area contributed by atoms with E-state index in [9.17, 15) is 9.59 Å². The van der Waals surface area contributed by atoms with Gasteiger partial charge in [0, 0.05) is 51.0 Å². The number of carbonyl (C=O) groups is 2. The molecule has 0 aliphatic carbocycles. The Morgan fingerprint density at radius 2 is 1.58 bits per heavy atom. The maximum Gasteiger partial charge on any atom is 0.415 e. The van der Waals surface area contributed by atoms with Gasteiger partial charge in [-0.25, -0.2) is 19.7 Å². The van der Waals surface area contributed by atoms with Gasteiger partial charge in [-0.15, -0.1) is 0 Å². The zero-order chi connectivity index (χ0) is 26.2. The minimum absolute atomic E-state index is 0.230. The second-order valence-corrected chi connectivity index (χ2v) is 9.70. The van der Waals surface area contributed by atoms with Gasteiger partial charge >= 0.3 is 6.09 Å². The SMILES string of the molecule is O=C(Nc1ccc(OC(=O)N2CCN(Cc3ccncn3)CC2)cn1)c1ccc(CN2CCCCC2)cc1. The van der Waals surface area contributed by atoms with Gasteiger partial charge in [0.25, 0.3) is 5.91 Å². The Labute approximate surface area is 222 Å². The van der Waals surface area contributed by atoms with Crippen LogP contribution in [0.4, 0.5) is 10.6 Å². The molecule has 4 heterocycles. The zero-order valence-electron chi connectivity index (χ0n) is 21.5. The average Bonchev–Trinajstić information content (AvgIpc) is 2.96. The molecule has 1 aromatic carbocycles. The molecule has 2 aliphatic rings. The van der Waals surface area contributed by atoms with E-state index < -0.39 is 6.09 Å². The third-order valence-corrected chi connectivity index (χ3v) is 6.91. The van der Waals surface area contributed by atoms with E-state index in [-0.39, 0.29) is 5.91 Å². The summed E-state index contributed by atoms with van der Waals surface area (Å²) in [6.45, 7) is 6.54. The van der Waals surface area contributed by atoms with E-state index >= 15 is 0 Å². The molecule has 10 nitrogen and oxygen atoms in total. The predicted octanol–water partition coefficient (Wildman–Crippen LogP) is 3.43. The van der Waals surface area contributed by atoms with Crippen LogP contribution in [0.5, 0.6) is 5.75 Å². The molecule has 3 aromatic rings.